The number of hydrogen-bond donors (Lipinski definition) is 2. The Labute approximate surface area is 150 Å². The van der Waals surface area contributed by atoms with Crippen LogP contribution in [0.15, 0.2) is 42.5 Å². The second-order valence-electron chi connectivity index (χ2n) is 5.31. The van der Waals surface area contributed by atoms with Gasteiger partial charge < -0.3 is 15.4 Å². The Hall–Kier alpha value is -2.86. The Morgan fingerprint density at radius 2 is 1.52 bits per heavy atom. The Balaban J connectivity index is 1.89. The molecule has 2 aromatic carbocycles. The predicted molar refractivity (Wildman–Crippen MR) is 95.8 cm³/mol. The van der Waals surface area contributed by atoms with Crippen LogP contribution in [-0.4, -0.2) is 24.9 Å². The van der Waals surface area contributed by atoms with E-state index in [-0.39, 0.29) is 6.42 Å². The number of nitrogens with one attached hydrogen (secondary N) is 2. The molecule has 2 amide bonds. The SMILES string of the molecule is COC(=O)c1ccc(NC(=O)CC(=O)Nc2ccc(C)c(Cl)c2)cc1. The van der Waals surface area contributed by atoms with E-state index in [2.05, 4.69) is 15.4 Å². The average Bonchev–Trinajstić information content (AvgIpc) is 2.58. The molecule has 0 saturated carbocycles. The fourth-order valence-electron chi connectivity index (χ4n) is 2.03. The van der Waals surface area contributed by atoms with E-state index in [0.717, 1.165) is 5.56 Å². The summed E-state index contributed by atoms with van der Waals surface area (Å²) in [5.74, 6) is -1.39. The number of benzene rings is 2. The predicted octanol–water partition coefficient (Wildman–Crippen LogP) is 3.40. The number of hydrogen-bond acceptors (Lipinski definition) is 4. The van der Waals surface area contributed by atoms with Crippen molar-refractivity contribution in [3.63, 3.8) is 0 Å². The monoisotopic (exact) mass is 360 g/mol. The van der Waals surface area contributed by atoms with Crippen molar-refractivity contribution in [2.45, 2.75) is 13.3 Å². The number of carbonyl (C=O) groups excluding carboxylic acids is 3. The van der Waals surface area contributed by atoms with Crippen LogP contribution in [0.4, 0.5) is 11.4 Å². The number of aryl methyl sites for hydroxylation is 1. The Bertz CT molecular complexity index is 803. The summed E-state index contributed by atoms with van der Waals surface area (Å²) in [6.07, 6.45) is -0.343. The van der Waals surface area contributed by atoms with Gasteiger partial charge in [-0.25, -0.2) is 4.79 Å². The van der Waals surface area contributed by atoms with Gasteiger partial charge in [0.2, 0.25) is 11.8 Å². The van der Waals surface area contributed by atoms with Crippen LogP contribution < -0.4 is 10.6 Å². The van der Waals surface area contributed by atoms with E-state index < -0.39 is 17.8 Å². The van der Waals surface area contributed by atoms with Gasteiger partial charge in [0.1, 0.15) is 6.42 Å². The molecule has 0 atom stereocenters. The van der Waals surface area contributed by atoms with Crippen molar-refractivity contribution >= 4 is 40.8 Å². The van der Waals surface area contributed by atoms with Crippen LogP contribution in [-0.2, 0) is 14.3 Å². The third-order valence-electron chi connectivity index (χ3n) is 3.37. The van der Waals surface area contributed by atoms with E-state index >= 15 is 0 Å². The van der Waals surface area contributed by atoms with Crippen molar-refractivity contribution in [1.82, 2.24) is 0 Å². The molecule has 2 aromatic rings. The van der Waals surface area contributed by atoms with Gasteiger partial charge in [-0.05, 0) is 48.9 Å². The zero-order chi connectivity index (χ0) is 18.4. The highest BCUT2D eigenvalue weighted by Crippen LogP contribution is 2.20. The number of methoxy groups -OCH3 is 1. The second kappa shape index (κ2) is 8.30. The maximum Gasteiger partial charge on any atom is 0.337 e. The van der Waals surface area contributed by atoms with Crippen molar-refractivity contribution in [3.05, 3.63) is 58.6 Å². The van der Waals surface area contributed by atoms with Crippen molar-refractivity contribution in [3.8, 4) is 0 Å². The number of esters is 1. The molecular formula is C18H17ClN2O4. The summed E-state index contributed by atoms with van der Waals surface area (Å²) in [5.41, 5.74) is 2.27. The molecule has 0 aliphatic rings. The van der Waals surface area contributed by atoms with Crippen LogP contribution in [0, 0.1) is 6.92 Å². The van der Waals surface area contributed by atoms with Gasteiger partial charge in [-0.1, -0.05) is 17.7 Å². The summed E-state index contributed by atoms with van der Waals surface area (Å²) in [7, 11) is 1.29. The number of halogens is 1. The second-order valence-corrected chi connectivity index (χ2v) is 5.71. The van der Waals surface area contributed by atoms with E-state index in [9.17, 15) is 14.4 Å². The van der Waals surface area contributed by atoms with Gasteiger partial charge >= 0.3 is 5.97 Å². The fourth-order valence-corrected chi connectivity index (χ4v) is 2.21. The number of rotatable bonds is 5. The van der Waals surface area contributed by atoms with Crippen molar-refractivity contribution in [2.24, 2.45) is 0 Å². The van der Waals surface area contributed by atoms with Gasteiger partial charge in [-0.15, -0.1) is 0 Å². The highest BCUT2D eigenvalue weighted by Gasteiger charge is 2.11. The van der Waals surface area contributed by atoms with Crippen LogP contribution in [0.3, 0.4) is 0 Å². The normalized spacial score (nSPS) is 10.0. The lowest BCUT2D eigenvalue weighted by molar-refractivity contribution is -0.123. The molecule has 0 saturated heterocycles. The first kappa shape index (κ1) is 18.5. The van der Waals surface area contributed by atoms with E-state index in [1.54, 1.807) is 30.3 Å². The average molecular weight is 361 g/mol. The number of amides is 2. The maximum atomic E-state index is 11.9. The first-order valence-corrected chi connectivity index (χ1v) is 7.81. The Kier molecular flexibility index (Phi) is 6.14. The third kappa shape index (κ3) is 5.32. The summed E-state index contributed by atoms with van der Waals surface area (Å²) in [6, 6.07) is 11.3. The molecule has 0 unspecified atom stereocenters. The Morgan fingerprint density at radius 1 is 0.960 bits per heavy atom. The van der Waals surface area contributed by atoms with E-state index in [0.29, 0.717) is 22.0 Å². The molecule has 2 rings (SSSR count). The molecule has 2 N–H and O–H groups in total. The molecule has 0 spiro atoms. The number of anilines is 2. The summed E-state index contributed by atoms with van der Waals surface area (Å²) in [4.78, 5) is 35.2. The van der Waals surface area contributed by atoms with E-state index in [4.69, 9.17) is 11.6 Å². The molecule has 0 bridgehead atoms. The topological polar surface area (TPSA) is 84.5 Å². The van der Waals surface area contributed by atoms with Crippen molar-refractivity contribution in [2.75, 3.05) is 17.7 Å². The molecule has 0 radical (unpaired) electrons. The molecule has 130 valence electrons. The standard InChI is InChI=1S/C18H17ClN2O4/c1-11-3-6-14(9-15(11)19)21-17(23)10-16(22)20-13-7-4-12(5-8-13)18(24)25-2/h3-9H,10H2,1-2H3,(H,20,22)(H,21,23). The van der Waals surface area contributed by atoms with Gasteiger partial charge in [0.05, 0.1) is 12.7 Å². The number of ether oxygens (including phenoxy) is 1. The first-order valence-electron chi connectivity index (χ1n) is 7.43. The summed E-state index contributed by atoms with van der Waals surface area (Å²) in [5, 5.41) is 5.73. The van der Waals surface area contributed by atoms with Gasteiger partial charge in [-0.3, -0.25) is 9.59 Å². The highest BCUT2D eigenvalue weighted by molar-refractivity contribution is 6.31. The van der Waals surface area contributed by atoms with Crippen LogP contribution >= 0.6 is 11.6 Å². The van der Waals surface area contributed by atoms with Gasteiger partial charge in [0.15, 0.2) is 0 Å². The molecule has 25 heavy (non-hydrogen) atoms. The molecule has 6 nitrogen and oxygen atoms in total. The van der Waals surface area contributed by atoms with Crippen LogP contribution in [0.25, 0.3) is 0 Å². The zero-order valence-electron chi connectivity index (χ0n) is 13.8. The minimum Gasteiger partial charge on any atom is -0.465 e. The Morgan fingerprint density at radius 3 is 2.08 bits per heavy atom. The van der Waals surface area contributed by atoms with Gasteiger partial charge in [-0.2, -0.15) is 0 Å². The molecule has 0 heterocycles. The van der Waals surface area contributed by atoms with Crippen LogP contribution in [0.1, 0.15) is 22.3 Å². The largest absolute Gasteiger partial charge is 0.465 e. The highest BCUT2D eigenvalue weighted by atomic mass is 35.5. The lowest BCUT2D eigenvalue weighted by atomic mass is 10.2. The minimum atomic E-state index is -0.471. The third-order valence-corrected chi connectivity index (χ3v) is 3.77. The molecule has 7 heteroatoms. The molecular weight excluding hydrogens is 344 g/mol. The van der Waals surface area contributed by atoms with E-state index in [1.165, 1.54) is 19.2 Å². The van der Waals surface area contributed by atoms with Crippen molar-refractivity contribution in [1.29, 1.82) is 0 Å². The lowest BCUT2D eigenvalue weighted by Crippen LogP contribution is -2.21. The zero-order valence-corrected chi connectivity index (χ0v) is 14.5. The molecule has 0 fully saturated rings. The van der Waals surface area contributed by atoms with Crippen LogP contribution in [0.5, 0.6) is 0 Å². The molecule has 0 aromatic heterocycles. The maximum absolute atomic E-state index is 11.9. The smallest absolute Gasteiger partial charge is 0.337 e. The number of carbonyl (C=O) groups is 3. The van der Waals surface area contributed by atoms with Gasteiger partial charge in [0, 0.05) is 16.4 Å². The molecule has 0 aliphatic heterocycles. The molecule has 0 aliphatic carbocycles. The summed E-state index contributed by atoms with van der Waals surface area (Å²) in [6.45, 7) is 1.85. The lowest BCUT2D eigenvalue weighted by Gasteiger charge is -2.08. The quantitative estimate of drug-likeness (QED) is 0.632. The van der Waals surface area contributed by atoms with Crippen molar-refractivity contribution < 1.29 is 19.1 Å². The van der Waals surface area contributed by atoms with E-state index in [1.807, 2.05) is 6.92 Å². The summed E-state index contributed by atoms with van der Waals surface area (Å²) >= 11 is 5.99. The first-order chi connectivity index (χ1) is 11.9. The minimum absolute atomic E-state index is 0.343. The van der Waals surface area contributed by atoms with Crippen LogP contribution in [0.2, 0.25) is 5.02 Å². The van der Waals surface area contributed by atoms with Gasteiger partial charge in [0.25, 0.3) is 0 Å². The fraction of sp³-hybridized carbons (Fsp3) is 0.167. The summed E-state index contributed by atoms with van der Waals surface area (Å²) < 4.78 is 4.59.